The maximum Gasteiger partial charge on any atom is 0.246 e. The molecule has 0 aliphatic rings. The number of aromatic nitrogens is 1. The first kappa shape index (κ1) is 16.4. The Labute approximate surface area is 122 Å². The Bertz CT molecular complexity index is 521. The van der Waals surface area contributed by atoms with Crippen LogP contribution in [-0.4, -0.2) is 30.8 Å². The Hall–Kier alpha value is -0.700. The fraction of sp³-hybridized carbons (Fsp3) is 0.545. The maximum absolute atomic E-state index is 12.6. The van der Waals surface area contributed by atoms with Gasteiger partial charge in [0, 0.05) is 23.8 Å². The van der Waals surface area contributed by atoms with Crippen molar-refractivity contribution in [3.63, 3.8) is 0 Å². The molecule has 1 rings (SSSR count). The number of hydrazine groups is 1. The van der Waals surface area contributed by atoms with Gasteiger partial charge in [0.1, 0.15) is 4.90 Å². The fourth-order valence-corrected chi connectivity index (χ4v) is 3.75. The Morgan fingerprint density at radius 1 is 1.47 bits per heavy atom. The fourth-order valence-electron chi connectivity index (χ4n) is 1.65. The molecule has 0 fully saturated rings. The molecule has 0 saturated heterocycles. The number of anilines is 1. The molecule has 0 radical (unpaired) electrons. The van der Waals surface area contributed by atoms with Crippen molar-refractivity contribution >= 4 is 31.8 Å². The van der Waals surface area contributed by atoms with Gasteiger partial charge in [0.15, 0.2) is 5.82 Å². The van der Waals surface area contributed by atoms with Crippen LogP contribution in [0, 0.1) is 0 Å². The molecule has 0 aliphatic heterocycles. The maximum atomic E-state index is 12.6. The minimum Gasteiger partial charge on any atom is -0.307 e. The topological polar surface area (TPSA) is 88.3 Å². The SMILES string of the molecule is CCCCN(CC)S(=O)(=O)c1cc(Br)cnc1NN. The summed E-state index contributed by atoms with van der Waals surface area (Å²) in [5.74, 6) is 5.48. The number of rotatable bonds is 7. The predicted octanol–water partition coefficient (Wildman–Crippen LogP) is 1.94. The molecule has 1 heterocycles. The van der Waals surface area contributed by atoms with Gasteiger partial charge in [-0.3, -0.25) is 0 Å². The highest BCUT2D eigenvalue weighted by molar-refractivity contribution is 9.10. The highest BCUT2D eigenvalue weighted by atomic mass is 79.9. The largest absolute Gasteiger partial charge is 0.307 e. The van der Waals surface area contributed by atoms with Crippen LogP contribution in [0.25, 0.3) is 0 Å². The molecule has 0 aromatic carbocycles. The summed E-state index contributed by atoms with van der Waals surface area (Å²) in [5, 5.41) is 0. The number of unbranched alkanes of at least 4 members (excludes halogenated alkanes) is 1. The summed E-state index contributed by atoms with van der Waals surface area (Å²) in [7, 11) is -3.59. The van der Waals surface area contributed by atoms with Crippen molar-refractivity contribution in [1.29, 1.82) is 0 Å². The second-order valence-electron chi connectivity index (χ2n) is 3.99. The lowest BCUT2D eigenvalue weighted by Crippen LogP contribution is -2.32. The van der Waals surface area contributed by atoms with Gasteiger partial charge in [-0.15, -0.1) is 0 Å². The molecule has 0 aliphatic carbocycles. The van der Waals surface area contributed by atoms with Crippen molar-refractivity contribution < 1.29 is 8.42 Å². The zero-order valence-corrected chi connectivity index (χ0v) is 13.5. The number of sulfonamides is 1. The first-order valence-corrected chi connectivity index (χ1v) is 8.33. The van der Waals surface area contributed by atoms with E-state index >= 15 is 0 Å². The standard InChI is InChI=1S/C11H19BrN4O2S/c1-3-5-6-16(4-2)19(17,18)10-7-9(12)8-14-11(10)15-13/h7-8H,3-6,13H2,1-2H3,(H,14,15). The van der Waals surface area contributed by atoms with Crippen LogP contribution in [0.3, 0.4) is 0 Å². The van der Waals surface area contributed by atoms with Gasteiger partial charge < -0.3 is 5.43 Å². The van der Waals surface area contributed by atoms with E-state index in [0.29, 0.717) is 17.6 Å². The van der Waals surface area contributed by atoms with E-state index in [1.54, 1.807) is 0 Å². The quantitative estimate of drug-likeness (QED) is 0.579. The summed E-state index contributed by atoms with van der Waals surface area (Å²) >= 11 is 3.23. The molecule has 108 valence electrons. The predicted molar refractivity (Wildman–Crippen MR) is 79.1 cm³/mol. The normalized spacial score (nSPS) is 11.8. The van der Waals surface area contributed by atoms with Gasteiger partial charge in [-0.2, -0.15) is 4.31 Å². The third kappa shape index (κ3) is 3.88. The Balaban J connectivity index is 3.20. The van der Waals surface area contributed by atoms with Gasteiger partial charge in [-0.25, -0.2) is 19.2 Å². The van der Waals surface area contributed by atoms with Crippen LogP contribution in [-0.2, 0) is 10.0 Å². The molecule has 6 nitrogen and oxygen atoms in total. The lowest BCUT2D eigenvalue weighted by Gasteiger charge is -2.21. The van der Waals surface area contributed by atoms with E-state index in [0.717, 1.165) is 12.8 Å². The average Bonchev–Trinajstić information content (AvgIpc) is 2.39. The summed E-state index contributed by atoms with van der Waals surface area (Å²) in [6.45, 7) is 4.74. The summed E-state index contributed by atoms with van der Waals surface area (Å²) in [5.41, 5.74) is 2.33. The van der Waals surface area contributed by atoms with Crippen molar-refractivity contribution in [2.24, 2.45) is 5.84 Å². The van der Waals surface area contributed by atoms with Crippen LogP contribution >= 0.6 is 15.9 Å². The molecule has 0 amide bonds. The lowest BCUT2D eigenvalue weighted by molar-refractivity contribution is 0.419. The van der Waals surface area contributed by atoms with Crippen molar-refractivity contribution in [2.45, 2.75) is 31.6 Å². The summed E-state index contributed by atoms with van der Waals surface area (Å²) in [4.78, 5) is 4.06. The molecule has 0 bridgehead atoms. The first-order chi connectivity index (χ1) is 8.97. The first-order valence-electron chi connectivity index (χ1n) is 6.09. The minimum absolute atomic E-state index is 0.0855. The number of nitrogens with two attached hydrogens (primary N) is 1. The van der Waals surface area contributed by atoms with E-state index < -0.39 is 10.0 Å². The molecule has 8 heteroatoms. The number of nitrogens with zero attached hydrogens (tertiary/aromatic N) is 2. The van der Waals surface area contributed by atoms with E-state index in [-0.39, 0.29) is 10.7 Å². The van der Waals surface area contributed by atoms with Gasteiger partial charge in [0.2, 0.25) is 10.0 Å². The molecule has 19 heavy (non-hydrogen) atoms. The molecule has 0 spiro atoms. The summed E-state index contributed by atoms with van der Waals surface area (Å²) < 4.78 is 27.2. The zero-order valence-electron chi connectivity index (χ0n) is 11.1. The molecule has 0 unspecified atom stereocenters. The summed E-state index contributed by atoms with van der Waals surface area (Å²) in [6, 6.07) is 1.51. The van der Waals surface area contributed by atoms with E-state index in [1.807, 2.05) is 13.8 Å². The average molecular weight is 351 g/mol. The van der Waals surface area contributed by atoms with Crippen LogP contribution in [0.4, 0.5) is 5.82 Å². The molecule has 3 N–H and O–H groups in total. The van der Waals surface area contributed by atoms with Gasteiger partial charge in [-0.05, 0) is 28.4 Å². The van der Waals surface area contributed by atoms with Gasteiger partial charge in [-0.1, -0.05) is 20.3 Å². The number of nitrogens with one attached hydrogen (secondary N) is 1. The van der Waals surface area contributed by atoms with Gasteiger partial charge in [0.25, 0.3) is 0 Å². The number of nitrogen functional groups attached to an aromatic ring is 1. The van der Waals surface area contributed by atoms with Crippen molar-refractivity contribution in [3.05, 3.63) is 16.7 Å². The van der Waals surface area contributed by atoms with E-state index in [2.05, 4.69) is 26.3 Å². The monoisotopic (exact) mass is 350 g/mol. The second kappa shape index (κ2) is 7.18. The number of hydrogen-bond donors (Lipinski definition) is 2. The zero-order chi connectivity index (χ0) is 14.5. The van der Waals surface area contributed by atoms with Crippen LogP contribution in [0.2, 0.25) is 0 Å². The Morgan fingerprint density at radius 3 is 2.68 bits per heavy atom. The van der Waals surface area contributed by atoms with Crippen LogP contribution in [0.1, 0.15) is 26.7 Å². The van der Waals surface area contributed by atoms with E-state index in [1.165, 1.54) is 16.6 Å². The van der Waals surface area contributed by atoms with Crippen molar-refractivity contribution in [3.8, 4) is 0 Å². The molecular weight excluding hydrogens is 332 g/mol. The Morgan fingerprint density at radius 2 is 2.16 bits per heavy atom. The third-order valence-electron chi connectivity index (χ3n) is 2.69. The molecule has 0 saturated carbocycles. The number of halogens is 1. The van der Waals surface area contributed by atoms with E-state index in [4.69, 9.17) is 5.84 Å². The molecule has 1 aromatic rings. The van der Waals surface area contributed by atoms with Gasteiger partial charge >= 0.3 is 0 Å². The highest BCUT2D eigenvalue weighted by Crippen LogP contribution is 2.25. The van der Waals surface area contributed by atoms with Crippen LogP contribution in [0.5, 0.6) is 0 Å². The lowest BCUT2D eigenvalue weighted by atomic mass is 10.3. The molecule has 1 aromatic heterocycles. The molecular formula is C11H19BrN4O2S. The number of hydrogen-bond acceptors (Lipinski definition) is 5. The van der Waals surface area contributed by atoms with E-state index in [9.17, 15) is 8.42 Å². The van der Waals surface area contributed by atoms with Crippen molar-refractivity contribution in [2.75, 3.05) is 18.5 Å². The van der Waals surface area contributed by atoms with Crippen molar-refractivity contribution in [1.82, 2.24) is 9.29 Å². The van der Waals surface area contributed by atoms with Crippen LogP contribution < -0.4 is 11.3 Å². The molecule has 0 atom stereocenters. The summed E-state index contributed by atoms with van der Waals surface area (Å²) in [6.07, 6.45) is 3.25. The second-order valence-corrected chi connectivity index (χ2v) is 6.82. The smallest absolute Gasteiger partial charge is 0.246 e. The minimum atomic E-state index is -3.59. The van der Waals surface area contributed by atoms with Crippen LogP contribution in [0.15, 0.2) is 21.6 Å². The Kier molecular flexibility index (Phi) is 6.18. The van der Waals surface area contributed by atoms with Gasteiger partial charge in [0.05, 0.1) is 0 Å². The highest BCUT2D eigenvalue weighted by Gasteiger charge is 2.26. The third-order valence-corrected chi connectivity index (χ3v) is 5.11. The number of pyridine rings is 1.